The monoisotopic (exact) mass is 213 g/mol. The Hall–Kier alpha value is -1.10. The molecule has 0 unspecified atom stereocenters. The predicted octanol–water partition coefficient (Wildman–Crippen LogP) is -0.584. The van der Waals surface area contributed by atoms with Gasteiger partial charge in [-0.1, -0.05) is 0 Å². The van der Waals surface area contributed by atoms with Gasteiger partial charge in [-0.2, -0.15) is 0 Å². The van der Waals surface area contributed by atoms with Crippen LogP contribution >= 0.6 is 0 Å². The molecule has 2 N–H and O–H groups in total. The minimum atomic E-state index is 0.0420. The summed E-state index contributed by atoms with van der Waals surface area (Å²) in [5.41, 5.74) is 5.39. The van der Waals surface area contributed by atoms with Crippen LogP contribution in [-0.2, 0) is 9.59 Å². The highest BCUT2D eigenvalue weighted by molar-refractivity contribution is 5.87. The number of amides is 2. The van der Waals surface area contributed by atoms with Gasteiger partial charge in [0.15, 0.2) is 0 Å². The van der Waals surface area contributed by atoms with Gasteiger partial charge in [0.25, 0.3) is 0 Å². The first-order chi connectivity index (χ1) is 7.19. The van der Waals surface area contributed by atoms with Crippen molar-refractivity contribution in [1.82, 2.24) is 9.80 Å². The predicted molar refractivity (Wildman–Crippen MR) is 57.1 cm³/mol. The third-order valence-corrected chi connectivity index (χ3v) is 2.64. The van der Waals surface area contributed by atoms with Crippen LogP contribution < -0.4 is 5.73 Å². The average molecular weight is 213 g/mol. The van der Waals surface area contributed by atoms with Crippen molar-refractivity contribution >= 4 is 11.8 Å². The molecule has 0 aromatic carbocycles. The molecule has 0 saturated carbocycles. The third kappa shape index (κ3) is 3.20. The number of carbonyl (C=O) groups is 2. The Bertz CT molecular complexity index is 243. The molecule has 1 aliphatic heterocycles. The van der Waals surface area contributed by atoms with E-state index in [0.717, 1.165) is 6.42 Å². The van der Waals surface area contributed by atoms with Crippen LogP contribution in [0.3, 0.4) is 0 Å². The normalized spacial score (nSPS) is 18.3. The standard InChI is InChI=1S/C10H19N3O2/c1-2-12-7-4-9(14)13(6-3-5-11)8-10(12)15/h2-8,11H2,1H3. The van der Waals surface area contributed by atoms with Gasteiger partial charge in [-0.15, -0.1) is 0 Å². The molecular formula is C10H19N3O2. The Labute approximate surface area is 90.2 Å². The molecule has 0 aromatic rings. The van der Waals surface area contributed by atoms with Gasteiger partial charge in [0.1, 0.15) is 0 Å². The topological polar surface area (TPSA) is 66.6 Å². The van der Waals surface area contributed by atoms with Crippen LogP contribution in [0, 0.1) is 0 Å². The Morgan fingerprint density at radius 2 is 2.00 bits per heavy atom. The molecule has 0 atom stereocenters. The van der Waals surface area contributed by atoms with Crippen molar-refractivity contribution < 1.29 is 9.59 Å². The fourth-order valence-corrected chi connectivity index (χ4v) is 1.69. The third-order valence-electron chi connectivity index (χ3n) is 2.64. The minimum Gasteiger partial charge on any atom is -0.341 e. The lowest BCUT2D eigenvalue weighted by atomic mass is 10.3. The first-order valence-corrected chi connectivity index (χ1v) is 5.44. The molecule has 1 aliphatic rings. The van der Waals surface area contributed by atoms with Crippen molar-refractivity contribution in [2.45, 2.75) is 19.8 Å². The van der Waals surface area contributed by atoms with Crippen LogP contribution in [0.2, 0.25) is 0 Å². The first kappa shape index (κ1) is 12.0. The van der Waals surface area contributed by atoms with Crippen molar-refractivity contribution in [3.8, 4) is 0 Å². The van der Waals surface area contributed by atoms with Gasteiger partial charge in [-0.25, -0.2) is 0 Å². The van der Waals surface area contributed by atoms with Crippen LogP contribution in [0.1, 0.15) is 19.8 Å². The molecule has 2 amide bonds. The van der Waals surface area contributed by atoms with E-state index in [2.05, 4.69) is 0 Å². The Kier molecular flexibility index (Phi) is 4.55. The number of nitrogens with zero attached hydrogens (tertiary/aromatic N) is 2. The SMILES string of the molecule is CCN1CCC(=O)N(CCCN)CC1=O. The van der Waals surface area contributed by atoms with Gasteiger partial charge in [0, 0.05) is 26.1 Å². The van der Waals surface area contributed by atoms with Gasteiger partial charge in [-0.05, 0) is 19.9 Å². The van der Waals surface area contributed by atoms with Crippen molar-refractivity contribution in [3.63, 3.8) is 0 Å². The van der Waals surface area contributed by atoms with E-state index in [-0.39, 0.29) is 18.4 Å². The number of carbonyl (C=O) groups excluding carboxylic acids is 2. The first-order valence-electron chi connectivity index (χ1n) is 5.44. The summed E-state index contributed by atoms with van der Waals surface area (Å²) >= 11 is 0. The van der Waals surface area contributed by atoms with E-state index in [0.29, 0.717) is 32.6 Å². The second-order valence-corrected chi connectivity index (χ2v) is 3.68. The molecule has 1 rings (SSSR count). The van der Waals surface area contributed by atoms with Gasteiger partial charge >= 0.3 is 0 Å². The summed E-state index contributed by atoms with van der Waals surface area (Å²) < 4.78 is 0. The molecule has 0 radical (unpaired) electrons. The molecule has 1 fully saturated rings. The van der Waals surface area contributed by atoms with Gasteiger partial charge in [0.05, 0.1) is 6.54 Å². The summed E-state index contributed by atoms with van der Waals surface area (Å²) in [6, 6.07) is 0. The summed E-state index contributed by atoms with van der Waals surface area (Å²) in [5.74, 6) is 0.105. The molecular weight excluding hydrogens is 194 g/mol. The summed E-state index contributed by atoms with van der Waals surface area (Å²) in [7, 11) is 0. The number of hydrogen-bond donors (Lipinski definition) is 1. The van der Waals surface area contributed by atoms with Gasteiger partial charge in [0.2, 0.25) is 11.8 Å². The smallest absolute Gasteiger partial charge is 0.242 e. The Balaban J connectivity index is 2.57. The molecule has 0 spiro atoms. The molecule has 0 aliphatic carbocycles. The Morgan fingerprint density at radius 1 is 1.27 bits per heavy atom. The zero-order chi connectivity index (χ0) is 11.3. The number of rotatable bonds is 4. The van der Waals surface area contributed by atoms with Gasteiger partial charge in [-0.3, -0.25) is 9.59 Å². The number of nitrogens with two attached hydrogens (primary N) is 1. The van der Waals surface area contributed by atoms with Crippen molar-refractivity contribution in [3.05, 3.63) is 0 Å². The second kappa shape index (κ2) is 5.70. The highest BCUT2D eigenvalue weighted by Crippen LogP contribution is 2.06. The largest absolute Gasteiger partial charge is 0.341 e. The van der Waals surface area contributed by atoms with Gasteiger partial charge < -0.3 is 15.5 Å². The highest BCUT2D eigenvalue weighted by Gasteiger charge is 2.24. The van der Waals surface area contributed by atoms with E-state index in [9.17, 15) is 9.59 Å². The lowest BCUT2D eigenvalue weighted by molar-refractivity contribution is -0.136. The summed E-state index contributed by atoms with van der Waals surface area (Å²) in [6.45, 7) is 4.52. The quantitative estimate of drug-likeness (QED) is 0.679. The highest BCUT2D eigenvalue weighted by atomic mass is 16.2. The minimum absolute atomic E-state index is 0.0420. The van der Waals surface area contributed by atoms with Crippen molar-refractivity contribution in [1.29, 1.82) is 0 Å². The molecule has 0 aromatic heterocycles. The second-order valence-electron chi connectivity index (χ2n) is 3.68. The van der Waals surface area contributed by atoms with E-state index in [1.807, 2.05) is 6.92 Å². The fourth-order valence-electron chi connectivity index (χ4n) is 1.69. The maximum Gasteiger partial charge on any atom is 0.242 e. The summed E-state index contributed by atoms with van der Waals surface area (Å²) in [4.78, 5) is 26.6. The molecule has 15 heavy (non-hydrogen) atoms. The lowest BCUT2D eigenvalue weighted by Crippen LogP contribution is -2.38. The molecule has 1 saturated heterocycles. The van der Waals surface area contributed by atoms with E-state index < -0.39 is 0 Å². The average Bonchev–Trinajstić information content (AvgIpc) is 2.36. The zero-order valence-electron chi connectivity index (χ0n) is 9.24. The number of likely N-dealkylation sites (N-methyl/N-ethyl adjacent to an activating group) is 1. The lowest BCUT2D eigenvalue weighted by Gasteiger charge is -2.20. The molecule has 5 nitrogen and oxygen atoms in total. The van der Waals surface area contributed by atoms with Crippen molar-refractivity contribution in [2.75, 3.05) is 32.7 Å². The maximum atomic E-state index is 11.7. The fraction of sp³-hybridized carbons (Fsp3) is 0.800. The van der Waals surface area contributed by atoms with Crippen LogP contribution in [0.25, 0.3) is 0 Å². The van der Waals surface area contributed by atoms with E-state index >= 15 is 0 Å². The van der Waals surface area contributed by atoms with E-state index in [1.165, 1.54) is 0 Å². The number of hydrogen-bond acceptors (Lipinski definition) is 3. The van der Waals surface area contributed by atoms with E-state index in [1.54, 1.807) is 9.80 Å². The van der Waals surface area contributed by atoms with Crippen molar-refractivity contribution in [2.24, 2.45) is 5.73 Å². The van der Waals surface area contributed by atoms with E-state index in [4.69, 9.17) is 5.73 Å². The van der Waals surface area contributed by atoms with Crippen LogP contribution in [0.15, 0.2) is 0 Å². The molecule has 1 heterocycles. The van der Waals surface area contributed by atoms with Crippen LogP contribution in [-0.4, -0.2) is 54.3 Å². The molecule has 86 valence electrons. The maximum absolute atomic E-state index is 11.7. The molecule has 5 heteroatoms. The summed E-state index contributed by atoms with van der Waals surface area (Å²) in [6.07, 6.45) is 1.19. The summed E-state index contributed by atoms with van der Waals surface area (Å²) in [5, 5.41) is 0. The molecule has 0 bridgehead atoms. The Morgan fingerprint density at radius 3 is 2.60 bits per heavy atom. The van der Waals surface area contributed by atoms with Crippen LogP contribution in [0.4, 0.5) is 0 Å². The zero-order valence-corrected chi connectivity index (χ0v) is 9.24. The van der Waals surface area contributed by atoms with Crippen LogP contribution in [0.5, 0.6) is 0 Å².